The molecule has 1 aromatic carbocycles. The second-order valence-electron chi connectivity index (χ2n) is 9.48. The zero-order valence-electron chi connectivity index (χ0n) is 21.7. The first kappa shape index (κ1) is 27.9. The van der Waals surface area contributed by atoms with Gasteiger partial charge in [-0.25, -0.2) is 4.79 Å². The van der Waals surface area contributed by atoms with Crippen LogP contribution in [0, 0.1) is 5.92 Å². The molecular weight excluding hydrogens is 465 g/mol. The van der Waals surface area contributed by atoms with Crippen LogP contribution in [0.2, 0.25) is 0 Å². The Morgan fingerprint density at radius 1 is 1.25 bits per heavy atom. The Balaban J connectivity index is 2.10. The maximum absolute atomic E-state index is 13.4. The molecule has 5 atom stereocenters. The molecule has 0 spiro atoms. The number of aliphatic hydroxyl groups is 1. The van der Waals surface area contributed by atoms with E-state index in [9.17, 15) is 14.7 Å². The monoisotopic (exact) mass is 500 g/mol. The predicted molar refractivity (Wildman–Crippen MR) is 137 cm³/mol. The van der Waals surface area contributed by atoms with Gasteiger partial charge in [0.1, 0.15) is 35.8 Å². The minimum Gasteiger partial charge on any atom is -0.467 e. The summed E-state index contributed by atoms with van der Waals surface area (Å²) >= 11 is 0. The summed E-state index contributed by atoms with van der Waals surface area (Å²) in [5, 5.41) is 10.8. The molecule has 0 saturated carbocycles. The van der Waals surface area contributed by atoms with E-state index in [-0.39, 0.29) is 24.0 Å². The highest BCUT2D eigenvalue weighted by atomic mass is 16.8. The van der Waals surface area contributed by atoms with Crippen LogP contribution < -0.4 is 9.55 Å². The highest BCUT2D eigenvalue weighted by Gasteiger charge is 2.43. The number of esters is 1. The minimum atomic E-state index is -0.890. The number of benzene rings is 1. The van der Waals surface area contributed by atoms with E-state index >= 15 is 0 Å². The van der Waals surface area contributed by atoms with Crippen LogP contribution in [0.3, 0.4) is 0 Å². The minimum absolute atomic E-state index is 0.0788. The smallest absolute Gasteiger partial charge is 0.342 e. The van der Waals surface area contributed by atoms with Gasteiger partial charge in [-0.1, -0.05) is 31.2 Å². The van der Waals surface area contributed by atoms with Gasteiger partial charge in [0, 0.05) is 24.8 Å². The lowest BCUT2D eigenvalue weighted by molar-refractivity contribution is -0.152. The molecule has 2 heterocycles. The molecule has 1 radical (unpaired) electrons. The quantitative estimate of drug-likeness (QED) is 0.208. The fraction of sp³-hybridized carbons (Fsp3) is 0.538. The van der Waals surface area contributed by atoms with Crippen LogP contribution in [0.5, 0.6) is 5.75 Å². The van der Waals surface area contributed by atoms with Gasteiger partial charge in [0.25, 0.3) is 0 Å². The molecule has 1 fully saturated rings. The third-order valence-electron chi connectivity index (χ3n) is 6.21. The van der Waals surface area contributed by atoms with Crippen molar-refractivity contribution in [2.24, 2.45) is 5.92 Å². The molecule has 3 rings (SSSR count). The first-order valence-electron chi connectivity index (χ1n) is 12.0. The van der Waals surface area contributed by atoms with Crippen molar-refractivity contribution in [2.45, 2.75) is 64.3 Å². The number of aliphatic hydroxyl groups excluding tert-OH is 1. The number of fused-ring (bicyclic) bond motifs is 2. The van der Waals surface area contributed by atoms with Gasteiger partial charge in [0.2, 0.25) is 0 Å². The maximum atomic E-state index is 13.4. The maximum Gasteiger partial charge on any atom is 0.342 e. The van der Waals surface area contributed by atoms with E-state index in [1.54, 1.807) is 43.1 Å². The molecule has 2 aliphatic rings. The van der Waals surface area contributed by atoms with Crippen molar-refractivity contribution < 1.29 is 38.4 Å². The molecule has 1 N–H and O–H groups in total. The number of hydrogen-bond acceptors (Lipinski definition) is 9. The van der Waals surface area contributed by atoms with E-state index in [2.05, 4.69) is 0 Å². The average molecular weight is 500 g/mol. The Bertz CT molecular complexity index is 994. The predicted octanol–water partition coefficient (Wildman–Crippen LogP) is 2.95. The van der Waals surface area contributed by atoms with E-state index in [0.717, 1.165) is 0 Å². The van der Waals surface area contributed by atoms with Gasteiger partial charge in [-0.2, -0.15) is 0 Å². The van der Waals surface area contributed by atoms with Crippen molar-refractivity contribution in [1.82, 2.24) is 0 Å². The molecule has 2 aliphatic heterocycles. The summed E-state index contributed by atoms with van der Waals surface area (Å²) in [6, 6.07) is 3.43. The van der Waals surface area contributed by atoms with Crippen LogP contribution in [0.15, 0.2) is 30.4 Å². The second-order valence-corrected chi connectivity index (χ2v) is 9.48. The van der Waals surface area contributed by atoms with E-state index in [4.69, 9.17) is 23.7 Å². The van der Waals surface area contributed by atoms with Gasteiger partial charge in [-0.15, -0.1) is 0 Å². The van der Waals surface area contributed by atoms with Crippen LogP contribution >= 0.6 is 0 Å². The van der Waals surface area contributed by atoms with Gasteiger partial charge >= 0.3 is 13.4 Å². The van der Waals surface area contributed by atoms with Gasteiger partial charge in [-0.05, 0) is 45.9 Å². The summed E-state index contributed by atoms with van der Waals surface area (Å²) in [6.07, 6.45) is 5.87. The molecule has 1 aromatic rings. The fourth-order valence-electron chi connectivity index (χ4n) is 4.14. The standard InChI is InChI=1S/C26H35BNO8/c1-16-10-11-20(30)24-21(35-26(3,4)36-24)9-7-8-18-12-19(28(5)27-14-29)13-22(33-15-32-6)23(18)25(31)34-17(16)2/h7-8,10-14,16-17,20-21,24,30H,9,15H2,1-6H3/b8-7?,11-10-/t16-,17+,20?,21+,24-/m1/s1. The Hall–Kier alpha value is -2.66. The van der Waals surface area contributed by atoms with Crippen LogP contribution in [-0.2, 0) is 23.7 Å². The first-order chi connectivity index (χ1) is 17.1. The number of carbonyl (C=O) groups excluding carboxylic acids is 2. The molecule has 0 bridgehead atoms. The van der Waals surface area contributed by atoms with E-state index in [1.807, 2.05) is 32.9 Å². The molecule has 9 nitrogen and oxygen atoms in total. The molecule has 0 aromatic heterocycles. The zero-order valence-corrected chi connectivity index (χ0v) is 21.7. The van der Waals surface area contributed by atoms with E-state index in [1.165, 1.54) is 14.5 Å². The Labute approximate surface area is 213 Å². The van der Waals surface area contributed by atoms with Crippen molar-refractivity contribution in [3.63, 3.8) is 0 Å². The van der Waals surface area contributed by atoms with Crippen LogP contribution in [0.1, 0.15) is 50.0 Å². The van der Waals surface area contributed by atoms with E-state index < -0.39 is 36.2 Å². The van der Waals surface area contributed by atoms with Crippen molar-refractivity contribution in [3.05, 3.63) is 41.5 Å². The highest BCUT2D eigenvalue weighted by molar-refractivity contribution is 6.70. The van der Waals surface area contributed by atoms with Crippen molar-refractivity contribution >= 4 is 31.3 Å². The number of nitrogens with zero attached hydrogens (tertiary/aromatic N) is 1. The largest absolute Gasteiger partial charge is 0.467 e. The second kappa shape index (κ2) is 12.1. The SMILES string of the molecule is COCOc1cc(N(C)[B]C=O)cc2c1C(=O)O[C@@H](C)[C@H](C)/C=C\C(O)[C@H]1OC(C)(C)O[C@H]1CC=C2. The Morgan fingerprint density at radius 3 is 2.69 bits per heavy atom. The number of carbonyl (C=O) groups is 2. The van der Waals surface area contributed by atoms with Crippen LogP contribution in [0.4, 0.5) is 5.69 Å². The lowest BCUT2D eigenvalue weighted by Crippen LogP contribution is -2.34. The molecule has 0 amide bonds. The number of ether oxygens (including phenoxy) is 5. The van der Waals surface area contributed by atoms with Crippen LogP contribution in [0.25, 0.3) is 6.08 Å². The normalized spacial score (nSPS) is 28.8. The summed E-state index contributed by atoms with van der Waals surface area (Å²) in [4.78, 5) is 26.1. The van der Waals surface area contributed by atoms with Crippen LogP contribution in [-0.4, -0.2) is 75.8 Å². The molecule has 36 heavy (non-hydrogen) atoms. The van der Waals surface area contributed by atoms with Gasteiger partial charge in [-0.3, -0.25) is 0 Å². The first-order valence-corrected chi connectivity index (χ1v) is 12.0. The number of cyclic esters (lactones) is 1. The van der Waals surface area contributed by atoms with Crippen molar-refractivity contribution in [1.29, 1.82) is 0 Å². The molecular formula is C26H35BNO8. The third-order valence-corrected chi connectivity index (χ3v) is 6.21. The van der Waals surface area contributed by atoms with Gasteiger partial charge < -0.3 is 38.4 Å². The molecule has 10 heteroatoms. The lowest BCUT2D eigenvalue weighted by Gasteiger charge is -2.24. The lowest BCUT2D eigenvalue weighted by atomic mass is 9.93. The molecule has 195 valence electrons. The number of hydrogen-bond donors (Lipinski definition) is 1. The highest BCUT2D eigenvalue weighted by Crippen LogP contribution is 2.35. The summed E-state index contributed by atoms with van der Waals surface area (Å²) < 4.78 is 28.7. The number of methoxy groups -OCH3 is 1. The van der Waals surface area contributed by atoms with Crippen molar-refractivity contribution in [3.8, 4) is 5.75 Å². The number of anilines is 1. The summed E-state index contributed by atoms with van der Waals surface area (Å²) in [5.74, 6) is -1.32. The van der Waals surface area contributed by atoms with Crippen molar-refractivity contribution in [2.75, 3.05) is 25.8 Å². The number of rotatable bonds is 6. The zero-order chi connectivity index (χ0) is 26.5. The average Bonchev–Trinajstić information content (AvgIpc) is 3.14. The Morgan fingerprint density at radius 2 is 2.00 bits per heavy atom. The molecule has 1 saturated heterocycles. The summed E-state index contributed by atoms with van der Waals surface area (Å²) in [6.45, 7) is 7.23. The topological polar surface area (TPSA) is 104 Å². The third kappa shape index (κ3) is 6.76. The van der Waals surface area contributed by atoms with E-state index in [0.29, 0.717) is 23.9 Å². The summed E-state index contributed by atoms with van der Waals surface area (Å²) in [5.41, 5.74) is 1.41. The van der Waals surface area contributed by atoms with Gasteiger partial charge in [0.15, 0.2) is 12.6 Å². The Kier molecular flexibility index (Phi) is 9.35. The molecule has 0 aliphatic carbocycles. The summed E-state index contributed by atoms with van der Waals surface area (Å²) in [7, 11) is 4.56. The molecule has 1 unspecified atom stereocenters. The fourth-order valence-corrected chi connectivity index (χ4v) is 4.14. The van der Waals surface area contributed by atoms with Gasteiger partial charge in [0.05, 0.1) is 6.10 Å².